The second-order valence-corrected chi connectivity index (χ2v) is 6.95. The minimum Gasteiger partial charge on any atom is -0.316 e. The van der Waals surface area contributed by atoms with Crippen molar-refractivity contribution in [1.82, 2.24) is 10.2 Å². The Kier molecular flexibility index (Phi) is 8.01. The normalized spacial score (nSPS) is 19.3. The van der Waals surface area contributed by atoms with E-state index in [4.69, 9.17) is 0 Å². The molecule has 1 fully saturated rings. The smallest absolute Gasteiger partial charge is 0.00500 e. The van der Waals surface area contributed by atoms with E-state index in [0.717, 1.165) is 5.92 Å². The van der Waals surface area contributed by atoms with Gasteiger partial charge in [-0.2, -0.15) is 0 Å². The van der Waals surface area contributed by atoms with Crippen molar-refractivity contribution in [2.75, 3.05) is 32.7 Å². The van der Waals surface area contributed by atoms with Crippen LogP contribution in [0.3, 0.4) is 0 Å². The van der Waals surface area contributed by atoms with Gasteiger partial charge < -0.3 is 10.2 Å². The molecule has 1 saturated carbocycles. The van der Waals surface area contributed by atoms with Crippen molar-refractivity contribution < 1.29 is 0 Å². The van der Waals surface area contributed by atoms with E-state index in [-0.39, 0.29) is 0 Å². The highest BCUT2D eigenvalue weighted by Gasteiger charge is 2.33. The van der Waals surface area contributed by atoms with Crippen molar-refractivity contribution in [3.05, 3.63) is 0 Å². The second kappa shape index (κ2) is 8.97. The Bertz CT molecular complexity index is 219. The minimum absolute atomic E-state index is 0.554. The number of nitrogens with zero attached hydrogens (tertiary/aromatic N) is 1. The van der Waals surface area contributed by atoms with E-state index in [1.807, 2.05) is 0 Å². The van der Waals surface area contributed by atoms with E-state index in [9.17, 15) is 0 Å². The summed E-state index contributed by atoms with van der Waals surface area (Å²) in [6, 6.07) is 0. The van der Waals surface area contributed by atoms with E-state index >= 15 is 0 Å². The van der Waals surface area contributed by atoms with Crippen LogP contribution in [0.4, 0.5) is 0 Å². The molecule has 2 nitrogen and oxygen atoms in total. The third-order valence-electron chi connectivity index (χ3n) is 4.51. The monoisotopic (exact) mass is 268 g/mol. The van der Waals surface area contributed by atoms with Gasteiger partial charge in [0.25, 0.3) is 0 Å². The van der Waals surface area contributed by atoms with E-state index in [2.05, 4.69) is 37.9 Å². The maximum Gasteiger partial charge on any atom is 0.00500 e. The van der Waals surface area contributed by atoms with E-state index in [0.29, 0.717) is 5.41 Å². The zero-order valence-electron chi connectivity index (χ0n) is 13.8. The molecule has 2 heteroatoms. The molecule has 0 atom stereocenters. The summed E-state index contributed by atoms with van der Waals surface area (Å²) in [5.74, 6) is 0.763. The Morgan fingerprint density at radius 1 is 1.11 bits per heavy atom. The van der Waals surface area contributed by atoms with Crippen LogP contribution < -0.4 is 5.32 Å². The molecule has 0 radical (unpaired) electrons. The molecule has 0 bridgehead atoms. The summed E-state index contributed by atoms with van der Waals surface area (Å²) >= 11 is 0. The molecule has 0 aromatic heterocycles. The van der Waals surface area contributed by atoms with Crippen LogP contribution in [0.5, 0.6) is 0 Å². The lowest BCUT2D eigenvalue weighted by Crippen LogP contribution is -2.46. The molecule has 1 aliphatic rings. The fourth-order valence-corrected chi connectivity index (χ4v) is 3.46. The van der Waals surface area contributed by atoms with E-state index < -0.39 is 0 Å². The topological polar surface area (TPSA) is 15.3 Å². The van der Waals surface area contributed by atoms with Crippen LogP contribution in [0, 0.1) is 11.3 Å². The molecule has 0 heterocycles. The first-order chi connectivity index (χ1) is 9.12. The molecule has 0 unspecified atom stereocenters. The van der Waals surface area contributed by atoms with Crippen molar-refractivity contribution >= 4 is 0 Å². The molecule has 1 aliphatic carbocycles. The first-order valence-corrected chi connectivity index (χ1v) is 8.55. The number of hydrogen-bond donors (Lipinski definition) is 1. The summed E-state index contributed by atoms with van der Waals surface area (Å²) in [7, 11) is 0. The maximum atomic E-state index is 3.74. The number of rotatable bonds is 9. The molecular formula is C17H36N2. The van der Waals surface area contributed by atoms with Crippen molar-refractivity contribution in [1.29, 1.82) is 0 Å². The predicted octanol–water partition coefficient (Wildman–Crippen LogP) is 3.91. The summed E-state index contributed by atoms with van der Waals surface area (Å²) < 4.78 is 0. The van der Waals surface area contributed by atoms with Crippen molar-refractivity contribution in [3.63, 3.8) is 0 Å². The Balaban J connectivity index is 2.53. The largest absolute Gasteiger partial charge is 0.316 e. The molecule has 1 N–H and O–H groups in total. The third kappa shape index (κ3) is 6.27. The molecule has 19 heavy (non-hydrogen) atoms. The maximum absolute atomic E-state index is 3.74. The fraction of sp³-hybridized carbons (Fsp3) is 1.00. The lowest BCUT2D eigenvalue weighted by atomic mass is 9.73. The summed E-state index contributed by atoms with van der Waals surface area (Å²) in [6.07, 6.45) is 8.46. The Morgan fingerprint density at radius 3 is 2.32 bits per heavy atom. The van der Waals surface area contributed by atoms with Crippen LogP contribution in [0.2, 0.25) is 0 Å². The number of nitrogens with one attached hydrogen (secondary N) is 1. The van der Waals surface area contributed by atoms with Gasteiger partial charge in [-0.05, 0) is 50.2 Å². The van der Waals surface area contributed by atoms with Gasteiger partial charge in [-0.25, -0.2) is 0 Å². The molecule has 1 rings (SSSR count). The highest BCUT2D eigenvalue weighted by Crippen LogP contribution is 2.36. The zero-order chi connectivity index (χ0) is 14.1. The summed E-state index contributed by atoms with van der Waals surface area (Å²) in [5, 5.41) is 3.74. The summed E-state index contributed by atoms with van der Waals surface area (Å²) in [5.41, 5.74) is 0.554. The quantitative estimate of drug-likeness (QED) is 0.682. The van der Waals surface area contributed by atoms with Crippen LogP contribution in [0.1, 0.15) is 66.2 Å². The molecule has 0 saturated heterocycles. The van der Waals surface area contributed by atoms with Gasteiger partial charge >= 0.3 is 0 Å². The van der Waals surface area contributed by atoms with Gasteiger partial charge in [-0.15, -0.1) is 0 Å². The van der Waals surface area contributed by atoms with Crippen molar-refractivity contribution in [3.8, 4) is 0 Å². The number of hydrogen-bond acceptors (Lipinski definition) is 2. The van der Waals surface area contributed by atoms with Gasteiger partial charge in [0, 0.05) is 13.1 Å². The van der Waals surface area contributed by atoms with Gasteiger partial charge in [-0.3, -0.25) is 0 Å². The van der Waals surface area contributed by atoms with Gasteiger partial charge in [0.2, 0.25) is 0 Å². The van der Waals surface area contributed by atoms with E-state index in [1.54, 1.807) is 0 Å². The predicted molar refractivity (Wildman–Crippen MR) is 85.6 cm³/mol. The van der Waals surface area contributed by atoms with Crippen LogP contribution >= 0.6 is 0 Å². The minimum atomic E-state index is 0.554. The average Bonchev–Trinajstić information content (AvgIpc) is 2.39. The molecule has 0 aromatic rings. The fourth-order valence-electron chi connectivity index (χ4n) is 3.46. The van der Waals surface area contributed by atoms with Gasteiger partial charge in [0.1, 0.15) is 0 Å². The lowest BCUT2D eigenvalue weighted by molar-refractivity contribution is 0.104. The highest BCUT2D eigenvalue weighted by atomic mass is 15.1. The Morgan fingerprint density at radius 2 is 1.79 bits per heavy atom. The summed E-state index contributed by atoms with van der Waals surface area (Å²) in [4.78, 5) is 2.67. The van der Waals surface area contributed by atoms with Gasteiger partial charge in [0.05, 0.1) is 0 Å². The first-order valence-electron chi connectivity index (χ1n) is 8.55. The van der Waals surface area contributed by atoms with Crippen LogP contribution in [0.25, 0.3) is 0 Å². The first kappa shape index (κ1) is 17.0. The van der Waals surface area contributed by atoms with Crippen LogP contribution in [0.15, 0.2) is 0 Å². The second-order valence-electron chi connectivity index (χ2n) is 6.95. The lowest BCUT2D eigenvalue weighted by Gasteiger charge is -2.41. The zero-order valence-corrected chi connectivity index (χ0v) is 13.8. The molecule has 0 amide bonds. The molecular weight excluding hydrogens is 232 g/mol. The Hall–Kier alpha value is -0.0800. The standard InChI is InChI=1S/C17H36N2/c1-5-12-19(6-2)15-17(10-8-7-9-11-17)14-18-13-16(3)4/h16,18H,5-15H2,1-4H3. The third-order valence-corrected chi connectivity index (χ3v) is 4.51. The average molecular weight is 268 g/mol. The van der Waals surface area contributed by atoms with Crippen LogP contribution in [-0.2, 0) is 0 Å². The highest BCUT2D eigenvalue weighted by molar-refractivity contribution is 4.87. The molecule has 0 spiro atoms. The van der Waals surface area contributed by atoms with Crippen molar-refractivity contribution in [2.24, 2.45) is 11.3 Å². The van der Waals surface area contributed by atoms with Crippen LogP contribution in [-0.4, -0.2) is 37.6 Å². The molecule has 0 aromatic carbocycles. The SMILES string of the molecule is CCCN(CC)CC1(CNCC(C)C)CCCCC1. The molecule has 114 valence electrons. The molecule has 0 aliphatic heterocycles. The van der Waals surface area contributed by atoms with Gasteiger partial charge in [-0.1, -0.05) is 47.0 Å². The Labute approximate surface area is 121 Å². The summed E-state index contributed by atoms with van der Waals surface area (Å²) in [6.45, 7) is 15.4. The van der Waals surface area contributed by atoms with E-state index in [1.165, 1.54) is 71.2 Å². The van der Waals surface area contributed by atoms with Gasteiger partial charge in [0.15, 0.2) is 0 Å². The van der Waals surface area contributed by atoms with Crippen molar-refractivity contribution in [2.45, 2.75) is 66.2 Å².